The van der Waals surface area contributed by atoms with Gasteiger partial charge in [-0.25, -0.2) is 4.39 Å². The lowest BCUT2D eigenvalue weighted by atomic mass is 10.0. The zero-order chi connectivity index (χ0) is 22.2. The SMILES string of the molecule is CNC(=O)[C@@H](Cc1ccccc1)N(Cc1ccc(F)cc1)C(=O)Cc1cccc(C)c1. The van der Waals surface area contributed by atoms with Crippen molar-refractivity contribution in [3.63, 3.8) is 0 Å². The third-order valence-corrected chi connectivity index (χ3v) is 5.22. The standard InChI is InChI=1S/C26H27FN2O2/c1-19-7-6-10-22(15-19)17-25(30)29(18-21-11-13-23(27)14-12-21)24(26(31)28-2)16-20-8-4-3-5-9-20/h3-15,24H,16-18H2,1-2H3,(H,28,31)/t24-/m1/s1. The van der Waals surface area contributed by atoms with Gasteiger partial charge in [-0.2, -0.15) is 0 Å². The van der Waals surface area contributed by atoms with E-state index in [9.17, 15) is 14.0 Å². The van der Waals surface area contributed by atoms with Gasteiger partial charge in [0.25, 0.3) is 0 Å². The minimum Gasteiger partial charge on any atom is -0.357 e. The van der Waals surface area contributed by atoms with Crippen molar-refractivity contribution in [1.82, 2.24) is 10.2 Å². The first-order valence-electron chi connectivity index (χ1n) is 10.3. The first kappa shape index (κ1) is 22.2. The Kier molecular flexibility index (Phi) is 7.55. The van der Waals surface area contributed by atoms with Crippen molar-refractivity contribution in [2.24, 2.45) is 0 Å². The summed E-state index contributed by atoms with van der Waals surface area (Å²) >= 11 is 0. The lowest BCUT2D eigenvalue weighted by molar-refractivity contribution is -0.140. The summed E-state index contributed by atoms with van der Waals surface area (Å²) in [6.07, 6.45) is 0.576. The van der Waals surface area contributed by atoms with Crippen LogP contribution in [0.15, 0.2) is 78.9 Å². The molecule has 3 aromatic carbocycles. The summed E-state index contributed by atoms with van der Waals surface area (Å²) in [6.45, 7) is 2.20. The highest BCUT2D eigenvalue weighted by Crippen LogP contribution is 2.17. The number of amides is 2. The van der Waals surface area contributed by atoms with E-state index in [-0.39, 0.29) is 30.6 Å². The Balaban J connectivity index is 1.93. The number of halogens is 1. The number of aryl methyl sites for hydroxylation is 1. The van der Waals surface area contributed by atoms with Gasteiger partial charge in [-0.15, -0.1) is 0 Å². The van der Waals surface area contributed by atoms with Gasteiger partial charge in [0.1, 0.15) is 11.9 Å². The summed E-state index contributed by atoms with van der Waals surface area (Å²) in [6, 6.07) is 22.7. The first-order chi connectivity index (χ1) is 15.0. The molecule has 3 aromatic rings. The van der Waals surface area contributed by atoms with E-state index in [4.69, 9.17) is 0 Å². The highest BCUT2D eigenvalue weighted by atomic mass is 19.1. The molecule has 0 bridgehead atoms. The summed E-state index contributed by atoms with van der Waals surface area (Å²) in [4.78, 5) is 27.9. The zero-order valence-corrected chi connectivity index (χ0v) is 17.8. The minimum atomic E-state index is -0.685. The molecule has 0 heterocycles. The molecule has 3 rings (SSSR count). The van der Waals surface area contributed by atoms with E-state index in [1.54, 1.807) is 24.1 Å². The summed E-state index contributed by atoms with van der Waals surface area (Å²) in [7, 11) is 1.57. The molecule has 5 heteroatoms. The van der Waals surface area contributed by atoms with Crippen LogP contribution < -0.4 is 5.32 Å². The number of carbonyl (C=O) groups is 2. The number of likely N-dealkylation sites (N-methyl/N-ethyl adjacent to an activating group) is 1. The molecule has 0 aliphatic rings. The molecule has 0 fully saturated rings. The van der Waals surface area contributed by atoms with Crippen LogP contribution in [-0.2, 0) is 29.0 Å². The third-order valence-electron chi connectivity index (χ3n) is 5.22. The number of benzene rings is 3. The molecule has 0 aliphatic heterocycles. The topological polar surface area (TPSA) is 49.4 Å². The van der Waals surface area contributed by atoms with Gasteiger partial charge in [0, 0.05) is 20.0 Å². The Morgan fingerprint density at radius 2 is 1.58 bits per heavy atom. The Labute approximate surface area is 182 Å². The largest absolute Gasteiger partial charge is 0.357 e. The molecule has 2 amide bonds. The fraction of sp³-hybridized carbons (Fsp3) is 0.231. The van der Waals surface area contributed by atoms with E-state index in [0.717, 1.165) is 22.3 Å². The van der Waals surface area contributed by atoms with Crippen molar-refractivity contribution in [2.75, 3.05) is 7.05 Å². The van der Waals surface area contributed by atoms with Crippen molar-refractivity contribution in [1.29, 1.82) is 0 Å². The normalized spacial score (nSPS) is 11.6. The van der Waals surface area contributed by atoms with E-state index in [0.29, 0.717) is 6.42 Å². The van der Waals surface area contributed by atoms with E-state index in [1.165, 1.54) is 12.1 Å². The van der Waals surface area contributed by atoms with E-state index in [2.05, 4.69) is 5.32 Å². The number of nitrogens with zero attached hydrogens (tertiary/aromatic N) is 1. The molecule has 0 saturated carbocycles. The number of hydrogen-bond acceptors (Lipinski definition) is 2. The van der Waals surface area contributed by atoms with Crippen LogP contribution in [-0.4, -0.2) is 29.8 Å². The first-order valence-corrected chi connectivity index (χ1v) is 10.3. The lowest BCUT2D eigenvalue weighted by Crippen LogP contribution is -2.50. The molecule has 0 unspecified atom stereocenters. The maximum Gasteiger partial charge on any atom is 0.242 e. The molecular formula is C26H27FN2O2. The van der Waals surface area contributed by atoms with Gasteiger partial charge in [0.15, 0.2) is 0 Å². The molecule has 0 aliphatic carbocycles. The fourth-order valence-electron chi connectivity index (χ4n) is 3.61. The molecule has 0 aromatic heterocycles. The Hall–Kier alpha value is -3.47. The summed E-state index contributed by atoms with van der Waals surface area (Å²) in [5.74, 6) is -0.725. The predicted octanol–water partition coefficient (Wildman–Crippen LogP) is 4.06. The average Bonchev–Trinajstić information content (AvgIpc) is 2.77. The number of carbonyl (C=O) groups excluding carboxylic acids is 2. The molecule has 0 saturated heterocycles. The minimum absolute atomic E-state index is 0.153. The van der Waals surface area contributed by atoms with E-state index >= 15 is 0 Å². The van der Waals surface area contributed by atoms with E-state index in [1.807, 2.05) is 61.5 Å². The van der Waals surface area contributed by atoms with Gasteiger partial charge in [-0.3, -0.25) is 9.59 Å². The van der Waals surface area contributed by atoms with Crippen LogP contribution in [0, 0.1) is 12.7 Å². The monoisotopic (exact) mass is 418 g/mol. The second-order valence-corrected chi connectivity index (χ2v) is 7.63. The van der Waals surface area contributed by atoms with Crippen LogP contribution in [0.2, 0.25) is 0 Å². The van der Waals surface area contributed by atoms with Gasteiger partial charge in [0.05, 0.1) is 6.42 Å². The smallest absolute Gasteiger partial charge is 0.242 e. The molecule has 1 atom stereocenters. The lowest BCUT2D eigenvalue weighted by Gasteiger charge is -2.31. The van der Waals surface area contributed by atoms with Crippen molar-refractivity contribution in [3.05, 3.63) is 107 Å². The van der Waals surface area contributed by atoms with Gasteiger partial charge >= 0.3 is 0 Å². The van der Waals surface area contributed by atoms with Gasteiger partial charge in [0.2, 0.25) is 11.8 Å². The Morgan fingerprint density at radius 3 is 2.23 bits per heavy atom. The maximum atomic E-state index is 13.4. The van der Waals surface area contributed by atoms with Crippen LogP contribution in [0.4, 0.5) is 4.39 Å². The summed E-state index contributed by atoms with van der Waals surface area (Å²) in [5, 5.41) is 2.70. The van der Waals surface area contributed by atoms with Crippen LogP contribution in [0.25, 0.3) is 0 Å². The number of nitrogens with one attached hydrogen (secondary N) is 1. The highest BCUT2D eigenvalue weighted by Gasteiger charge is 2.29. The second-order valence-electron chi connectivity index (χ2n) is 7.63. The van der Waals surface area contributed by atoms with Crippen LogP contribution >= 0.6 is 0 Å². The van der Waals surface area contributed by atoms with Gasteiger partial charge in [-0.1, -0.05) is 72.3 Å². The quantitative estimate of drug-likeness (QED) is 0.600. The van der Waals surface area contributed by atoms with Crippen molar-refractivity contribution in [3.8, 4) is 0 Å². The molecule has 1 N–H and O–H groups in total. The Bertz CT molecular complexity index is 1020. The fourth-order valence-corrected chi connectivity index (χ4v) is 3.61. The van der Waals surface area contributed by atoms with Crippen molar-refractivity contribution >= 4 is 11.8 Å². The van der Waals surface area contributed by atoms with Crippen LogP contribution in [0.1, 0.15) is 22.3 Å². The van der Waals surface area contributed by atoms with Crippen LogP contribution in [0.3, 0.4) is 0 Å². The van der Waals surface area contributed by atoms with Crippen molar-refractivity contribution < 1.29 is 14.0 Å². The molecule has 0 spiro atoms. The van der Waals surface area contributed by atoms with Crippen molar-refractivity contribution in [2.45, 2.75) is 32.4 Å². The molecule has 160 valence electrons. The van der Waals surface area contributed by atoms with E-state index < -0.39 is 6.04 Å². The zero-order valence-electron chi connectivity index (χ0n) is 17.8. The average molecular weight is 419 g/mol. The molecule has 31 heavy (non-hydrogen) atoms. The maximum absolute atomic E-state index is 13.4. The van der Waals surface area contributed by atoms with Crippen LogP contribution in [0.5, 0.6) is 0 Å². The highest BCUT2D eigenvalue weighted by molar-refractivity contribution is 5.88. The third kappa shape index (κ3) is 6.25. The molecule has 0 radical (unpaired) electrons. The number of rotatable bonds is 8. The molecular weight excluding hydrogens is 391 g/mol. The summed E-state index contributed by atoms with van der Waals surface area (Å²) in [5.41, 5.74) is 3.69. The molecule has 4 nitrogen and oxygen atoms in total. The van der Waals surface area contributed by atoms with Gasteiger partial charge < -0.3 is 10.2 Å². The van der Waals surface area contributed by atoms with Gasteiger partial charge in [-0.05, 0) is 35.7 Å². The summed E-state index contributed by atoms with van der Waals surface area (Å²) < 4.78 is 13.4. The second kappa shape index (κ2) is 10.5. The number of hydrogen-bond donors (Lipinski definition) is 1. The predicted molar refractivity (Wildman–Crippen MR) is 120 cm³/mol. The Morgan fingerprint density at radius 1 is 0.903 bits per heavy atom.